The molecule has 1 heterocycles. The Morgan fingerprint density at radius 3 is 2.50 bits per heavy atom. The van der Waals surface area contributed by atoms with Gasteiger partial charge in [-0.1, -0.05) is 64.4 Å². The molecule has 4 atom stereocenters. The van der Waals surface area contributed by atoms with E-state index in [-0.39, 0.29) is 33.7 Å². The predicted molar refractivity (Wildman–Crippen MR) is 179 cm³/mol. The zero-order valence-electron chi connectivity index (χ0n) is 28.4. The second-order valence-corrected chi connectivity index (χ2v) is 19.5. The summed E-state index contributed by atoms with van der Waals surface area (Å²) in [4.78, 5) is 32.5. The minimum Gasteiger partial charge on any atom is -0.507 e. The molecule has 3 aromatic rings. The van der Waals surface area contributed by atoms with Crippen LogP contribution < -0.4 is 9.47 Å². The molecule has 2 aromatic carbocycles. The fourth-order valence-corrected chi connectivity index (χ4v) is 8.90. The van der Waals surface area contributed by atoms with Crippen molar-refractivity contribution >= 4 is 36.4 Å². The largest absolute Gasteiger partial charge is 0.507 e. The van der Waals surface area contributed by atoms with Gasteiger partial charge < -0.3 is 23.5 Å². The monoisotopic (exact) mass is 646 g/mol. The summed E-state index contributed by atoms with van der Waals surface area (Å²) in [5, 5.41) is 17.9. The van der Waals surface area contributed by atoms with Gasteiger partial charge in [0.25, 0.3) is 5.88 Å². The number of rotatable bonds is 8. The molecule has 0 bridgehead atoms. The van der Waals surface area contributed by atoms with E-state index < -0.39 is 37.4 Å². The second-order valence-electron chi connectivity index (χ2n) is 14.8. The summed E-state index contributed by atoms with van der Waals surface area (Å²) in [5.41, 5.74) is -0.0983. The average Bonchev–Trinajstić information content (AvgIpc) is 3.40. The van der Waals surface area contributed by atoms with Crippen LogP contribution in [-0.4, -0.2) is 68.5 Å². The number of aromatic nitrogens is 1. The van der Waals surface area contributed by atoms with Gasteiger partial charge in [-0.25, -0.2) is 0 Å². The van der Waals surface area contributed by atoms with Gasteiger partial charge in [-0.3, -0.25) is 14.5 Å². The number of aliphatic hydroxyl groups excluding tert-OH is 1. The number of fused-ring (bicyclic) bond motifs is 5. The van der Waals surface area contributed by atoms with Gasteiger partial charge in [-0.05, 0) is 73.5 Å². The first kappa shape index (κ1) is 32.5. The van der Waals surface area contributed by atoms with Crippen molar-refractivity contribution in [3.05, 3.63) is 58.4 Å². The Labute approximate surface area is 272 Å². The highest BCUT2D eigenvalue weighted by molar-refractivity contribution is 6.74. The lowest BCUT2D eigenvalue weighted by molar-refractivity contribution is -0.140. The number of ketones is 2. The van der Waals surface area contributed by atoms with Crippen LogP contribution >= 0.6 is 0 Å². The summed E-state index contributed by atoms with van der Waals surface area (Å²) >= 11 is 0. The molecule has 1 saturated carbocycles. The van der Waals surface area contributed by atoms with Crippen molar-refractivity contribution in [2.75, 3.05) is 27.8 Å². The first-order valence-corrected chi connectivity index (χ1v) is 19.2. The number of nitrogens with zero attached hydrogens (tertiary/aromatic N) is 2. The minimum absolute atomic E-state index is 0.0900. The number of benzene rings is 2. The number of carbonyl (C=O) groups excluding carboxylic acids is 2. The van der Waals surface area contributed by atoms with Gasteiger partial charge in [0.15, 0.2) is 19.7 Å². The van der Waals surface area contributed by atoms with Gasteiger partial charge in [-0.15, -0.1) is 0 Å². The van der Waals surface area contributed by atoms with E-state index >= 15 is 9.59 Å². The number of unbranched alkanes of at least 4 members (excludes halogenated alkanes) is 1. The van der Waals surface area contributed by atoms with Crippen molar-refractivity contribution in [1.82, 2.24) is 10.1 Å². The highest BCUT2D eigenvalue weighted by Gasteiger charge is 2.68. The van der Waals surface area contributed by atoms with Crippen molar-refractivity contribution in [3.8, 4) is 11.6 Å². The molecule has 0 radical (unpaired) electrons. The van der Waals surface area contributed by atoms with Crippen molar-refractivity contribution in [1.29, 1.82) is 0 Å². The lowest BCUT2D eigenvalue weighted by atomic mass is 9.57. The Morgan fingerprint density at radius 1 is 1.13 bits per heavy atom. The number of ether oxygens (including phenoxy) is 2. The Bertz CT molecular complexity index is 1750. The Morgan fingerprint density at radius 2 is 1.85 bits per heavy atom. The van der Waals surface area contributed by atoms with E-state index in [4.69, 9.17) is 18.4 Å². The molecule has 0 amide bonds. The third-order valence-corrected chi connectivity index (χ3v) is 15.2. The third kappa shape index (κ3) is 4.66. The van der Waals surface area contributed by atoms with Gasteiger partial charge in [0.05, 0.1) is 25.3 Å². The molecule has 0 unspecified atom stereocenters. The molecule has 0 saturated heterocycles. The molecule has 0 spiro atoms. The topological polar surface area (TPSA) is 111 Å². The minimum atomic E-state index is -2.79. The first-order valence-electron chi connectivity index (χ1n) is 16.3. The fraction of sp³-hybridized carbons (Fsp3) is 0.528. The zero-order valence-corrected chi connectivity index (χ0v) is 29.4. The number of aliphatic hydroxyl groups is 1. The molecule has 246 valence electrons. The van der Waals surface area contributed by atoms with Crippen molar-refractivity contribution in [2.24, 2.45) is 11.8 Å². The summed E-state index contributed by atoms with van der Waals surface area (Å²) in [6, 6.07) is 9.44. The number of hydrogen-bond donors (Lipinski definition) is 1. The molecule has 1 fully saturated rings. The Kier molecular flexibility index (Phi) is 8.01. The molecule has 1 aromatic heterocycles. The van der Waals surface area contributed by atoms with Gasteiger partial charge >= 0.3 is 0 Å². The van der Waals surface area contributed by atoms with E-state index in [0.717, 1.165) is 29.2 Å². The molecule has 3 aliphatic carbocycles. The van der Waals surface area contributed by atoms with Gasteiger partial charge in [0, 0.05) is 16.9 Å². The summed E-state index contributed by atoms with van der Waals surface area (Å²) in [5.74, 6) is -1.05. The van der Waals surface area contributed by atoms with Crippen LogP contribution in [0, 0.1) is 11.8 Å². The predicted octanol–water partition coefficient (Wildman–Crippen LogP) is 7.31. The van der Waals surface area contributed by atoms with Crippen LogP contribution in [0.3, 0.4) is 0 Å². The molecule has 1 N–H and O–H groups in total. The van der Waals surface area contributed by atoms with Gasteiger partial charge in [0.2, 0.25) is 11.6 Å². The highest BCUT2D eigenvalue weighted by atomic mass is 28.4. The Balaban J connectivity index is 1.62. The van der Waals surface area contributed by atoms with E-state index in [1.807, 2.05) is 43.3 Å². The second kappa shape index (κ2) is 11.3. The summed E-state index contributed by atoms with van der Waals surface area (Å²) in [6.45, 7) is 12.8. The van der Waals surface area contributed by atoms with E-state index in [1.165, 1.54) is 0 Å². The molecular formula is C36H46N2O7Si. The molecule has 9 nitrogen and oxygen atoms in total. The molecule has 10 heteroatoms. The number of hydrogen-bond acceptors (Lipinski definition) is 9. The Hall–Kier alpha value is -3.47. The lowest BCUT2D eigenvalue weighted by Crippen LogP contribution is -2.68. The van der Waals surface area contributed by atoms with Crippen LogP contribution in [0.4, 0.5) is 0 Å². The fourth-order valence-electron chi connectivity index (χ4n) is 7.45. The SMILES string of the molecule is CCCCOc1noc2c1C(=O)[C@@]1(O[Si](C)(C)C(C)(C)C)C(=O)C3=C(O)c4c(cc5ccccc5c4OC)C[C@H]3C[C@H]1[C@@H]2N(C)C. The van der Waals surface area contributed by atoms with Crippen LogP contribution in [-0.2, 0) is 15.6 Å². The summed E-state index contributed by atoms with van der Waals surface area (Å²) in [6.07, 6.45) is 2.62. The zero-order chi connectivity index (χ0) is 33.3. The van der Waals surface area contributed by atoms with Gasteiger partial charge in [-0.2, -0.15) is 0 Å². The highest BCUT2D eigenvalue weighted by Crippen LogP contribution is 2.59. The van der Waals surface area contributed by atoms with Crippen LogP contribution in [0.2, 0.25) is 18.1 Å². The number of carbonyl (C=O) groups is 2. The standard InChI is InChI=1S/C36H46N2O7Si/c1-10-11-16-43-34-27-31(44-37-34)28(38(5)6)24-19-22-18-21-17-20-14-12-13-15-23(20)30(42-7)25(21)29(39)26(22)32(40)36(24,33(27)41)45-46(8,9)35(2,3)4/h12-15,17,22,24,28,39H,10-11,16,18-19H2,1-9H3/t22-,24-,28-,36-/m0/s1. The van der Waals surface area contributed by atoms with Crippen LogP contribution in [0.5, 0.6) is 11.6 Å². The molecular weight excluding hydrogens is 600 g/mol. The molecule has 0 aliphatic heterocycles. The smallest absolute Gasteiger partial charge is 0.265 e. The van der Waals surface area contributed by atoms with Crippen LogP contribution in [0.1, 0.15) is 80.2 Å². The maximum Gasteiger partial charge on any atom is 0.265 e. The molecule has 46 heavy (non-hydrogen) atoms. The normalized spacial score (nSPS) is 24.5. The summed E-state index contributed by atoms with van der Waals surface area (Å²) in [7, 11) is 2.62. The average molecular weight is 647 g/mol. The lowest BCUT2D eigenvalue weighted by Gasteiger charge is -2.55. The van der Waals surface area contributed by atoms with Crippen molar-refractivity contribution in [2.45, 2.75) is 83.2 Å². The number of methoxy groups -OCH3 is 1. The van der Waals surface area contributed by atoms with E-state index in [2.05, 4.69) is 52.0 Å². The molecule has 3 aliphatic rings. The maximum atomic E-state index is 15.4. The van der Waals surface area contributed by atoms with E-state index in [1.54, 1.807) is 7.11 Å². The third-order valence-electron chi connectivity index (χ3n) is 10.7. The van der Waals surface area contributed by atoms with Crippen molar-refractivity contribution < 1.29 is 33.1 Å². The van der Waals surface area contributed by atoms with Gasteiger partial charge in [0.1, 0.15) is 17.1 Å². The molecule has 6 rings (SSSR count). The van der Waals surface area contributed by atoms with Crippen LogP contribution in [0.15, 0.2) is 40.4 Å². The first-order chi connectivity index (χ1) is 21.7. The van der Waals surface area contributed by atoms with E-state index in [9.17, 15) is 5.11 Å². The van der Waals surface area contributed by atoms with E-state index in [0.29, 0.717) is 36.5 Å². The number of Topliss-reactive ketones (excluding diaryl/α,β-unsaturated/α-hetero) is 2. The quantitative estimate of drug-likeness (QED) is 0.153. The van der Waals surface area contributed by atoms with Crippen LogP contribution in [0.25, 0.3) is 16.5 Å². The van der Waals surface area contributed by atoms with Crippen molar-refractivity contribution in [3.63, 3.8) is 0 Å². The maximum absolute atomic E-state index is 15.4. The summed E-state index contributed by atoms with van der Waals surface area (Å²) < 4.78 is 25.0.